The summed E-state index contributed by atoms with van der Waals surface area (Å²) < 4.78 is 11.2. The number of fused-ring (bicyclic) bond motifs is 2. The van der Waals surface area contributed by atoms with E-state index in [0.717, 1.165) is 61.2 Å². The summed E-state index contributed by atoms with van der Waals surface area (Å²) in [5.41, 5.74) is 4.31. The number of rotatable bonds is 6. The predicted molar refractivity (Wildman–Crippen MR) is 135 cm³/mol. The second-order valence-corrected chi connectivity index (χ2v) is 9.66. The van der Waals surface area contributed by atoms with Gasteiger partial charge in [0.15, 0.2) is 0 Å². The lowest BCUT2D eigenvalue weighted by atomic mass is 9.96. The minimum atomic E-state index is -0.290. The highest BCUT2D eigenvalue weighted by atomic mass is 16.6. The fourth-order valence-corrected chi connectivity index (χ4v) is 5.47. The second-order valence-electron chi connectivity index (χ2n) is 9.66. The first-order valence-corrected chi connectivity index (χ1v) is 12.3. The summed E-state index contributed by atoms with van der Waals surface area (Å²) in [6, 6.07) is 18.4. The Labute approximate surface area is 204 Å². The maximum Gasteiger partial charge on any atom is 0.410 e. The molecule has 0 bridgehead atoms. The third-order valence-corrected chi connectivity index (χ3v) is 7.38. The van der Waals surface area contributed by atoms with Crippen molar-refractivity contribution in [3.63, 3.8) is 0 Å². The summed E-state index contributed by atoms with van der Waals surface area (Å²) in [5.74, 6) is 1.27. The molecule has 1 atom stereocenters. The number of nitrogens with zero attached hydrogens (tertiary/aromatic N) is 3. The van der Waals surface area contributed by atoms with Gasteiger partial charge in [0.05, 0.1) is 19.2 Å². The SMILES string of the molecule is COc1ccc2nccc(C3CN(CC4CCN(Cc5cc6ccccc6[nH]5)CC4)C(=O)O3)c2c1. The molecule has 1 amide bonds. The molecular weight excluding hydrogens is 440 g/mol. The maximum absolute atomic E-state index is 12.7. The number of hydrogen-bond acceptors (Lipinski definition) is 5. The summed E-state index contributed by atoms with van der Waals surface area (Å²) in [6.07, 6.45) is 3.45. The lowest BCUT2D eigenvalue weighted by Gasteiger charge is -2.33. The van der Waals surface area contributed by atoms with Crippen molar-refractivity contribution in [1.29, 1.82) is 0 Å². The van der Waals surface area contributed by atoms with Gasteiger partial charge >= 0.3 is 6.09 Å². The molecule has 7 heteroatoms. The van der Waals surface area contributed by atoms with Gasteiger partial charge in [-0.25, -0.2) is 4.79 Å². The van der Waals surface area contributed by atoms with E-state index >= 15 is 0 Å². The van der Waals surface area contributed by atoms with E-state index in [9.17, 15) is 4.79 Å². The quantitative estimate of drug-likeness (QED) is 0.423. The van der Waals surface area contributed by atoms with Crippen molar-refractivity contribution < 1.29 is 14.3 Å². The lowest BCUT2D eigenvalue weighted by molar-refractivity contribution is 0.124. The van der Waals surface area contributed by atoms with Crippen molar-refractivity contribution in [3.05, 3.63) is 72.1 Å². The van der Waals surface area contributed by atoms with Crippen molar-refractivity contribution in [2.75, 3.05) is 33.3 Å². The first-order valence-electron chi connectivity index (χ1n) is 12.3. The molecule has 2 saturated heterocycles. The van der Waals surface area contributed by atoms with E-state index in [1.54, 1.807) is 13.3 Å². The number of ether oxygens (including phenoxy) is 2. The summed E-state index contributed by atoms with van der Waals surface area (Å²) in [6.45, 7) is 4.35. The Morgan fingerprint density at radius 1 is 1.11 bits per heavy atom. The summed E-state index contributed by atoms with van der Waals surface area (Å²) in [5, 5.41) is 2.23. The molecular formula is C28H30N4O3. The molecule has 2 fully saturated rings. The smallest absolute Gasteiger partial charge is 0.410 e. The number of benzene rings is 2. The van der Waals surface area contributed by atoms with Crippen LogP contribution in [0.1, 0.15) is 30.2 Å². The molecule has 1 N–H and O–H groups in total. The van der Waals surface area contributed by atoms with E-state index in [1.807, 2.05) is 29.2 Å². The molecule has 0 aliphatic carbocycles. The van der Waals surface area contributed by atoms with Gasteiger partial charge in [-0.3, -0.25) is 9.88 Å². The van der Waals surface area contributed by atoms with Crippen LogP contribution in [-0.4, -0.2) is 59.1 Å². The van der Waals surface area contributed by atoms with Gasteiger partial charge in [-0.1, -0.05) is 18.2 Å². The zero-order chi connectivity index (χ0) is 23.8. The average molecular weight is 471 g/mol. The molecule has 0 radical (unpaired) electrons. The molecule has 4 aromatic rings. The Kier molecular flexibility index (Phi) is 5.78. The average Bonchev–Trinajstić information content (AvgIpc) is 3.47. The second kappa shape index (κ2) is 9.23. The number of hydrogen-bond donors (Lipinski definition) is 1. The van der Waals surface area contributed by atoms with E-state index in [2.05, 4.69) is 45.2 Å². The van der Waals surface area contributed by atoms with Crippen molar-refractivity contribution in [3.8, 4) is 5.75 Å². The maximum atomic E-state index is 12.7. The number of cyclic esters (lactones) is 1. The number of pyridine rings is 1. The fourth-order valence-electron chi connectivity index (χ4n) is 5.47. The number of amides is 1. The zero-order valence-corrected chi connectivity index (χ0v) is 19.9. The standard InChI is InChI=1S/C28H30N4O3/c1-34-22-6-7-26-24(15-22)23(8-11-29-26)27-18-32(28(33)35-27)16-19-9-12-31(13-10-19)17-21-14-20-4-2-3-5-25(20)30-21/h2-8,11,14-15,19,27,30H,9-10,12-13,16-18H2,1H3. The van der Waals surface area contributed by atoms with Crippen LogP contribution in [0.15, 0.2) is 60.8 Å². The van der Waals surface area contributed by atoms with E-state index in [4.69, 9.17) is 9.47 Å². The third-order valence-electron chi connectivity index (χ3n) is 7.38. The number of para-hydroxylation sites is 1. The van der Waals surface area contributed by atoms with Crippen LogP contribution < -0.4 is 4.74 Å². The van der Waals surface area contributed by atoms with Gasteiger partial charge in [0.2, 0.25) is 0 Å². The molecule has 0 spiro atoms. The molecule has 35 heavy (non-hydrogen) atoms. The van der Waals surface area contributed by atoms with Gasteiger partial charge in [-0.15, -0.1) is 0 Å². The molecule has 2 aliphatic heterocycles. The molecule has 2 aliphatic rings. The van der Waals surface area contributed by atoms with Crippen LogP contribution in [0.25, 0.3) is 21.8 Å². The molecule has 180 valence electrons. The van der Waals surface area contributed by atoms with Crippen molar-refractivity contribution in [1.82, 2.24) is 19.8 Å². The lowest BCUT2D eigenvalue weighted by Crippen LogP contribution is -2.38. The number of carbonyl (C=O) groups excluding carboxylic acids is 1. The van der Waals surface area contributed by atoms with Crippen molar-refractivity contribution in [2.24, 2.45) is 5.92 Å². The Balaban J connectivity index is 1.07. The minimum absolute atomic E-state index is 0.219. The topological polar surface area (TPSA) is 70.7 Å². The van der Waals surface area contributed by atoms with Gasteiger partial charge in [-0.2, -0.15) is 0 Å². The van der Waals surface area contributed by atoms with E-state index < -0.39 is 0 Å². The van der Waals surface area contributed by atoms with Gasteiger partial charge in [0.1, 0.15) is 11.9 Å². The summed E-state index contributed by atoms with van der Waals surface area (Å²) in [4.78, 5) is 25.1. The monoisotopic (exact) mass is 470 g/mol. The first-order chi connectivity index (χ1) is 17.2. The number of carbonyl (C=O) groups is 1. The Morgan fingerprint density at radius 3 is 2.80 bits per heavy atom. The van der Waals surface area contributed by atoms with Crippen molar-refractivity contribution in [2.45, 2.75) is 25.5 Å². The first kappa shape index (κ1) is 21.9. The summed E-state index contributed by atoms with van der Waals surface area (Å²) in [7, 11) is 1.65. The van der Waals surface area contributed by atoms with Crippen LogP contribution in [-0.2, 0) is 11.3 Å². The number of nitrogens with one attached hydrogen (secondary N) is 1. The van der Waals surface area contributed by atoms with Crippen LogP contribution in [0.2, 0.25) is 0 Å². The number of likely N-dealkylation sites (tertiary alicyclic amines) is 1. The molecule has 4 heterocycles. The molecule has 2 aromatic heterocycles. The van der Waals surface area contributed by atoms with Crippen LogP contribution in [0.4, 0.5) is 4.79 Å². The molecule has 2 aromatic carbocycles. The highest BCUT2D eigenvalue weighted by molar-refractivity contribution is 5.84. The Morgan fingerprint density at radius 2 is 1.97 bits per heavy atom. The highest BCUT2D eigenvalue weighted by Gasteiger charge is 2.35. The number of methoxy groups -OCH3 is 1. The predicted octanol–water partition coefficient (Wildman–Crippen LogP) is 5.13. The highest BCUT2D eigenvalue weighted by Crippen LogP contribution is 2.33. The van der Waals surface area contributed by atoms with E-state index in [0.29, 0.717) is 12.5 Å². The number of aromatic amines is 1. The zero-order valence-electron chi connectivity index (χ0n) is 19.9. The van der Waals surface area contributed by atoms with Crippen LogP contribution in [0.3, 0.4) is 0 Å². The molecule has 7 nitrogen and oxygen atoms in total. The fraction of sp³-hybridized carbons (Fsp3) is 0.357. The van der Waals surface area contributed by atoms with Crippen molar-refractivity contribution >= 4 is 27.9 Å². The number of H-pyrrole nitrogens is 1. The van der Waals surface area contributed by atoms with Gasteiger partial charge in [0.25, 0.3) is 0 Å². The minimum Gasteiger partial charge on any atom is -0.497 e. The Hall–Kier alpha value is -3.58. The number of aromatic nitrogens is 2. The van der Waals surface area contributed by atoms with Crippen LogP contribution >= 0.6 is 0 Å². The molecule has 0 saturated carbocycles. The summed E-state index contributed by atoms with van der Waals surface area (Å²) >= 11 is 0. The van der Waals surface area contributed by atoms with Gasteiger partial charge < -0.3 is 19.4 Å². The van der Waals surface area contributed by atoms with Crippen LogP contribution in [0.5, 0.6) is 5.75 Å². The van der Waals surface area contributed by atoms with Gasteiger partial charge in [0, 0.05) is 41.4 Å². The third kappa shape index (κ3) is 4.44. The largest absolute Gasteiger partial charge is 0.497 e. The van der Waals surface area contributed by atoms with Crippen LogP contribution in [0, 0.1) is 5.92 Å². The van der Waals surface area contributed by atoms with E-state index in [-0.39, 0.29) is 12.2 Å². The van der Waals surface area contributed by atoms with Gasteiger partial charge in [-0.05, 0) is 73.6 Å². The van der Waals surface area contributed by atoms with E-state index in [1.165, 1.54) is 16.6 Å². The normalized spacial score (nSPS) is 19.5. The Bertz CT molecular complexity index is 1330. The number of piperidine rings is 1. The molecule has 1 unspecified atom stereocenters. The molecule has 6 rings (SSSR count).